The molecule has 0 radical (unpaired) electrons. The first kappa shape index (κ1) is 31.7. The molecule has 0 atom stereocenters. The Kier molecular flexibility index (Phi) is 12.8. The van der Waals surface area contributed by atoms with Crippen LogP contribution in [0.25, 0.3) is 0 Å². The molecule has 0 amide bonds. The Bertz CT molecular complexity index is 1130. The Hall–Kier alpha value is -3.55. The van der Waals surface area contributed by atoms with Crippen LogP contribution in [0.2, 0.25) is 0 Å². The molecule has 2 aromatic heterocycles. The first-order chi connectivity index (χ1) is 18.7. The van der Waals surface area contributed by atoms with Crippen molar-refractivity contribution in [3.05, 3.63) is 59.4 Å². The van der Waals surface area contributed by atoms with Gasteiger partial charge in [0.15, 0.2) is 11.6 Å². The molecule has 8 nitrogen and oxygen atoms in total. The number of ether oxygens (including phenoxy) is 1. The van der Waals surface area contributed by atoms with Crippen molar-refractivity contribution >= 4 is 23.0 Å². The van der Waals surface area contributed by atoms with Gasteiger partial charge in [-0.3, -0.25) is 4.98 Å². The zero-order chi connectivity index (χ0) is 28.8. The lowest BCUT2D eigenvalue weighted by Crippen LogP contribution is -2.40. The molecule has 0 saturated heterocycles. The van der Waals surface area contributed by atoms with E-state index in [1.165, 1.54) is 11.1 Å². The van der Waals surface area contributed by atoms with Gasteiger partial charge in [0.25, 0.3) is 0 Å². The number of aromatic nitrogens is 3. The van der Waals surface area contributed by atoms with Crippen molar-refractivity contribution in [3.63, 3.8) is 0 Å². The summed E-state index contributed by atoms with van der Waals surface area (Å²) in [4.78, 5) is 16.0. The van der Waals surface area contributed by atoms with E-state index in [1.807, 2.05) is 38.2 Å². The number of nitrogens with zero attached hydrogens (tertiary/aromatic N) is 4. The van der Waals surface area contributed by atoms with E-state index < -0.39 is 5.66 Å². The van der Waals surface area contributed by atoms with E-state index >= 15 is 0 Å². The third kappa shape index (κ3) is 9.61. The molecule has 214 valence electrons. The predicted octanol–water partition coefficient (Wildman–Crippen LogP) is 6.99. The summed E-state index contributed by atoms with van der Waals surface area (Å²) in [5.74, 6) is 1.27. The van der Waals surface area contributed by atoms with Crippen LogP contribution >= 0.6 is 0 Å². The lowest BCUT2D eigenvalue weighted by Gasteiger charge is -2.32. The fraction of sp³-hybridized carbons (Fsp3) is 0.516. The minimum absolute atomic E-state index is 0.326. The van der Waals surface area contributed by atoms with E-state index in [0.29, 0.717) is 29.9 Å². The number of pyridine rings is 1. The molecule has 3 rings (SSSR count). The molecule has 0 bridgehead atoms. The highest BCUT2D eigenvalue weighted by atomic mass is 16.5. The minimum Gasteiger partial charge on any atom is -0.463 e. The van der Waals surface area contributed by atoms with Crippen LogP contribution < -0.4 is 26.0 Å². The number of aryl methyl sites for hydroxylation is 2. The van der Waals surface area contributed by atoms with Gasteiger partial charge in [-0.1, -0.05) is 45.9 Å². The number of nitrogens with one attached hydrogen (secondary N) is 2. The number of hydrogen-bond donors (Lipinski definition) is 3. The first-order valence-electron chi connectivity index (χ1n) is 14.3. The van der Waals surface area contributed by atoms with Crippen LogP contribution in [0.3, 0.4) is 0 Å². The minimum atomic E-state index is -0.533. The van der Waals surface area contributed by atoms with Crippen LogP contribution in [-0.2, 0) is 6.42 Å². The zero-order valence-electron chi connectivity index (χ0n) is 25.3. The van der Waals surface area contributed by atoms with E-state index in [-0.39, 0.29) is 0 Å². The molecule has 0 fully saturated rings. The molecule has 39 heavy (non-hydrogen) atoms. The molecule has 2 heterocycles. The molecule has 8 heteroatoms. The van der Waals surface area contributed by atoms with Gasteiger partial charge in [0.2, 0.25) is 0 Å². The van der Waals surface area contributed by atoms with Gasteiger partial charge in [0.05, 0.1) is 6.61 Å². The Morgan fingerprint density at radius 3 is 2.31 bits per heavy atom. The SMILES string of the molecule is CC.CCCN(CCC)c1nc(OCCCc2ccccn2)nc(NC(C)(C)Nc2cccc(C)c2C)c1N. The highest BCUT2D eigenvalue weighted by Crippen LogP contribution is 2.32. The van der Waals surface area contributed by atoms with Crippen LogP contribution in [0.5, 0.6) is 6.01 Å². The highest BCUT2D eigenvalue weighted by Gasteiger charge is 2.24. The van der Waals surface area contributed by atoms with Crippen molar-refractivity contribution in [2.24, 2.45) is 0 Å². The van der Waals surface area contributed by atoms with E-state index in [1.54, 1.807) is 0 Å². The molecular formula is C31H49N7O. The van der Waals surface area contributed by atoms with Crippen LogP contribution in [0.1, 0.15) is 77.6 Å². The Morgan fingerprint density at radius 2 is 1.67 bits per heavy atom. The van der Waals surface area contributed by atoms with Crippen LogP contribution in [-0.4, -0.2) is 40.3 Å². The normalized spacial score (nSPS) is 10.9. The fourth-order valence-electron chi connectivity index (χ4n) is 4.22. The maximum Gasteiger partial charge on any atom is 0.320 e. The maximum atomic E-state index is 6.68. The number of hydrogen-bond acceptors (Lipinski definition) is 8. The Labute approximate surface area is 235 Å². The van der Waals surface area contributed by atoms with Gasteiger partial charge < -0.3 is 26.0 Å². The van der Waals surface area contributed by atoms with Crippen molar-refractivity contribution in [2.75, 3.05) is 41.0 Å². The van der Waals surface area contributed by atoms with Gasteiger partial charge in [-0.2, -0.15) is 9.97 Å². The summed E-state index contributed by atoms with van der Waals surface area (Å²) in [7, 11) is 0. The van der Waals surface area contributed by atoms with Gasteiger partial charge in [-0.25, -0.2) is 0 Å². The van der Waals surface area contributed by atoms with E-state index in [9.17, 15) is 0 Å². The summed E-state index contributed by atoms with van der Waals surface area (Å²) < 4.78 is 6.05. The molecule has 0 aliphatic carbocycles. The summed E-state index contributed by atoms with van der Waals surface area (Å²) in [6, 6.07) is 12.5. The van der Waals surface area contributed by atoms with Crippen LogP contribution in [0.4, 0.5) is 23.0 Å². The summed E-state index contributed by atoms with van der Waals surface area (Å²) in [5, 5.41) is 7.12. The maximum absolute atomic E-state index is 6.68. The molecular weight excluding hydrogens is 486 g/mol. The van der Waals surface area contributed by atoms with Crippen molar-refractivity contribution in [3.8, 4) is 6.01 Å². The molecule has 0 unspecified atom stereocenters. The van der Waals surface area contributed by atoms with Gasteiger partial charge in [0, 0.05) is 30.7 Å². The molecule has 0 aliphatic heterocycles. The fourth-order valence-corrected chi connectivity index (χ4v) is 4.22. The highest BCUT2D eigenvalue weighted by molar-refractivity contribution is 5.76. The Balaban J connectivity index is 0.00000260. The molecule has 4 N–H and O–H groups in total. The summed E-state index contributed by atoms with van der Waals surface area (Å²) in [6.45, 7) is 18.9. The molecule has 0 saturated carbocycles. The number of nitrogen functional groups attached to an aromatic ring is 1. The number of nitrogens with two attached hydrogens (primary N) is 1. The standard InChI is InChI=1S/C29H43N7O.C2H6/c1-7-18-36(19-8-2)27-25(30)26(35-29(5,6)34-24-16-11-13-21(3)22(24)4)32-28(33-27)37-20-12-15-23-14-9-10-17-31-23;1-2/h9-11,13-14,16-17,34H,7-8,12,15,18-20,30H2,1-6H3,(H,32,33,35);1-2H3. The second-order valence-electron chi connectivity index (χ2n) is 9.97. The lowest BCUT2D eigenvalue weighted by atomic mass is 10.1. The lowest BCUT2D eigenvalue weighted by molar-refractivity contribution is 0.286. The van der Waals surface area contributed by atoms with Gasteiger partial charge >= 0.3 is 6.01 Å². The second kappa shape index (κ2) is 15.8. The monoisotopic (exact) mass is 535 g/mol. The second-order valence-corrected chi connectivity index (χ2v) is 9.97. The average molecular weight is 536 g/mol. The number of benzene rings is 1. The van der Waals surface area contributed by atoms with E-state index in [2.05, 4.69) is 80.3 Å². The average Bonchev–Trinajstić information content (AvgIpc) is 2.92. The van der Waals surface area contributed by atoms with Gasteiger partial charge in [0.1, 0.15) is 11.4 Å². The quantitative estimate of drug-likeness (QED) is 0.150. The third-order valence-corrected chi connectivity index (χ3v) is 6.21. The van der Waals surface area contributed by atoms with E-state index in [4.69, 9.17) is 20.4 Å². The Morgan fingerprint density at radius 1 is 0.949 bits per heavy atom. The van der Waals surface area contributed by atoms with E-state index in [0.717, 1.165) is 50.2 Å². The molecule has 1 aromatic carbocycles. The van der Waals surface area contributed by atoms with Crippen molar-refractivity contribution in [1.29, 1.82) is 0 Å². The summed E-state index contributed by atoms with van der Waals surface area (Å²) in [5.41, 5.74) is 11.2. The molecule has 0 spiro atoms. The first-order valence-corrected chi connectivity index (χ1v) is 14.3. The van der Waals surface area contributed by atoms with Crippen LogP contribution in [0, 0.1) is 13.8 Å². The van der Waals surface area contributed by atoms with Crippen molar-refractivity contribution in [1.82, 2.24) is 15.0 Å². The van der Waals surface area contributed by atoms with Crippen molar-refractivity contribution < 1.29 is 4.74 Å². The van der Waals surface area contributed by atoms with Gasteiger partial charge in [-0.15, -0.1) is 0 Å². The zero-order valence-corrected chi connectivity index (χ0v) is 25.3. The van der Waals surface area contributed by atoms with Crippen LogP contribution in [0.15, 0.2) is 42.6 Å². The number of anilines is 4. The summed E-state index contributed by atoms with van der Waals surface area (Å²) in [6.07, 6.45) is 5.44. The van der Waals surface area contributed by atoms with Crippen molar-refractivity contribution in [2.45, 2.75) is 86.7 Å². The smallest absolute Gasteiger partial charge is 0.320 e. The molecule has 3 aromatic rings. The largest absolute Gasteiger partial charge is 0.463 e. The third-order valence-electron chi connectivity index (χ3n) is 6.21. The van der Waals surface area contributed by atoms with Gasteiger partial charge in [-0.05, 0) is 82.7 Å². The summed E-state index contributed by atoms with van der Waals surface area (Å²) >= 11 is 0. The molecule has 0 aliphatic rings. The topological polar surface area (TPSA) is 101 Å². The predicted molar refractivity (Wildman–Crippen MR) is 166 cm³/mol. The number of rotatable bonds is 14.